The van der Waals surface area contributed by atoms with E-state index in [1.807, 2.05) is 24.3 Å². The van der Waals surface area contributed by atoms with Gasteiger partial charge in [-0.3, -0.25) is 19.9 Å². The largest absolute Gasteiger partial charge is 0.325 e. The number of amides is 4. The van der Waals surface area contributed by atoms with Crippen molar-refractivity contribution in [2.75, 3.05) is 11.9 Å². The van der Waals surface area contributed by atoms with Gasteiger partial charge in [0.2, 0.25) is 5.91 Å². The molecule has 1 saturated heterocycles. The molecular formula is C19H20N4O3. The SMILES string of the molecule is C[C@H]1C(=O)NC(=O)N1CC(=O)Nc1c2c(nc3ccccc13)CCCC2. The van der Waals surface area contributed by atoms with Crippen molar-refractivity contribution in [1.82, 2.24) is 15.2 Å². The van der Waals surface area contributed by atoms with Crippen molar-refractivity contribution in [3.8, 4) is 0 Å². The molecule has 7 heteroatoms. The number of imide groups is 1. The lowest BCUT2D eigenvalue weighted by molar-refractivity contribution is -0.121. The summed E-state index contributed by atoms with van der Waals surface area (Å²) in [6.07, 6.45) is 3.94. The van der Waals surface area contributed by atoms with Gasteiger partial charge in [0.05, 0.1) is 11.2 Å². The van der Waals surface area contributed by atoms with Crippen molar-refractivity contribution in [3.63, 3.8) is 0 Å². The topological polar surface area (TPSA) is 91.4 Å². The molecule has 1 aromatic heterocycles. The number of nitrogens with zero attached hydrogens (tertiary/aromatic N) is 2. The molecule has 2 N–H and O–H groups in total. The third-order valence-electron chi connectivity index (χ3n) is 5.09. The van der Waals surface area contributed by atoms with E-state index >= 15 is 0 Å². The molecule has 134 valence electrons. The highest BCUT2D eigenvalue weighted by molar-refractivity contribution is 6.08. The van der Waals surface area contributed by atoms with Gasteiger partial charge in [-0.15, -0.1) is 0 Å². The molecular weight excluding hydrogens is 332 g/mol. The van der Waals surface area contributed by atoms with Crippen LogP contribution in [0.2, 0.25) is 0 Å². The van der Waals surface area contributed by atoms with Gasteiger partial charge in [-0.25, -0.2) is 4.79 Å². The number of carbonyl (C=O) groups excluding carboxylic acids is 3. The summed E-state index contributed by atoms with van der Waals surface area (Å²) in [5, 5.41) is 6.11. The second kappa shape index (κ2) is 6.40. The third-order valence-corrected chi connectivity index (χ3v) is 5.09. The van der Waals surface area contributed by atoms with E-state index in [-0.39, 0.29) is 18.4 Å². The zero-order chi connectivity index (χ0) is 18.3. The highest BCUT2D eigenvalue weighted by Gasteiger charge is 2.36. The van der Waals surface area contributed by atoms with Gasteiger partial charge in [0.25, 0.3) is 5.91 Å². The molecule has 2 aromatic rings. The van der Waals surface area contributed by atoms with Gasteiger partial charge in [0, 0.05) is 11.1 Å². The highest BCUT2D eigenvalue weighted by Crippen LogP contribution is 2.33. The number of rotatable bonds is 3. The van der Waals surface area contributed by atoms with E-state index in [9.17, 15) is 14.4 Å². The van der Waals surface area contributed by atoms with Gasteiger partial charge in [0.1, 0.15) is 12.6 Å². The van der Waals surface area contributed by atoms with Crippen molar-refractivity contribution >= 4 is 34.4 Å². The van der Waals surface area contributed by atoms with Gasteiger partial charge in [0.15, 0.2) is 0 Å². The number of aryl methyl sites for hydroxylation is 1. The Balaban J connectivity index is 1.65. The number of anilines is 1. The molecule has 1 fully saturated rings. The van der Waals surface area contributed by atoms with Crippen LogP contribution < -0.4 is 10.6 Å². The molecule has 0 unspecified atom stereocenters. The van der Waals surface area contributed by atoms with Crippen LogP contribution in [0, 0.1) is 0 Å². The number of hydrogen-bond acceptors (Lipinski definition) is 4. The summed E-state index contributed by atoms with van der Waals surface area (Å²) in [7, 11) is 0. The molecule has 1 aliphatic heterocycles. The normalized spacial score (nSPS) is 19.4. The summed E-state index contributed by atoms with van der Waals surface area (Å²) >= 11 is 0. The Morgan fingerprint density at radius 2 is 2.04 bits per heavy atom. The molecule has 2 heterocycles. The molecule has 4 amide bonds. The fourth-order valence-electron chi connectivity index (χ4n) is 3.66. The van der Waals surface area contributed by atoms with Gasteiger partial charge in [-0.2, -0.15) is 0 Å². The van der Waals surface area contributed by atoms with E-state index in [0.29, 0.717) is 0 Å². The quantitative estimate of drug-likeness (QED) is 0.827. The summed E-state index contributed by atoms with van der Waals surface area (Å²) < 4.78 is 0. The van der Waals surface area contributed by atoms with Gasteiger partial charge in [-0.05, 0) is 44.2 Å². The zero-order valence-electron chi connectivity index (χ0n) is 14.5. The molecule has 26 heavy (non-hydrogen) atoms. The summed E-state index contributed by atoms with van der Waals surface area (Å²) in [5.41, 5.74) is 3.76. The van der Waals surface area contributed by atoms with Gasteiger partial charge < -0.3 is 10.2 Å². The van der Waals surface area contributed by atoms with Crippen molar-refractivity contribution in [3.05, 3.63) is 35.5 Å². The lowest BCUT2D eigenvalue weighted by Gasteiger charge is -2.22. The number of aromatic nitrogens is 1. The first-order valence-electron chi connectivity index (χ1n) is 8.86. The lowest BCUT2D eigenvalue weighted by Crippen LogP contribution is -2.39. The van der Waals surface area contributed by atoms with E-state index in [1.54, 1.807) is 6.92 Å². The van der Waals surface area contributed by atoms with Crippen LogP contribution in [-0.2, 0) is 22.4 Å². The molecule has 1 aromatic carbocycles. The lowest BCUT2D eigenvalue weighted by atomic mass is 9.92. The number of pyridine rings is 1. The first-order valence-corrected chi connectivity index (χ1v) is 8.86. The summed E-state index contributed by atoms with van der Waals surface area (Å²) in [6.45, 7) is 1.45. The molecule has 1 aliphatic carbocycles. The van der Waals surface area contributed by atoms with Crippen molar-refractivity contribution in [2.45, 2.75) is 38.6 Å². The van der Waals surface area contributed by atoms with E-state index in [1.165, 1.54) is 4.90 Å². The van der Waals surface area contributed by atoms with E-state index in [0.717, 1.165) is 53.5 Å². The molecule has 7 nitrogen and oxygen atoms in total. The molecule has 0 saturated carbocycles. The number of nitrogens with one attached hydrogen (secondary N) is 2. The van der Waals surface area contributed by atoms with Crippen molar-refractivity contribution in [1.29, 1.82) is 0 Å². The first-order chi connectivity index (χ1) is 12.5. The number of benzene rings is 1. The minimum Gasteiger partial charge on any atom is -0.324 e. The second-order valence-corrected chi connectivity index (χ2v) is 6.78. The summed E-state index contributed by atoms with van der Waals surface area (Å²) in [6, 6.07) is 6.56. The third kappa shape index (κ3) is 2.79. The maximum absolute atomic E-state index is 12.6. The molecule has 2 aliphatic rings. The number of hydrogen-bond donors (Lipinski definition) is 2. The molecule has 4 rings (SSSR count). The maximum Gasteiger partial charge on any atom is 0.325 e. The fraction of sp³-hybridized carbons (Fsp3) is 0.368. The number of carbonyl (C=O) groups is 3. The standard InChI is InChI=1S/C19H20N4O3/c1-11-18(25)22-19(26)23(11)10-16(24)21-17-12-6-2-4-8-14(12)20-15-9-5-3-7-13(15)17/h2,4,6,8,11H,3,5,7,9-10H2,1H3,(H,20,21,24)(H,22,25,26)/t11-/m0/s1. The second-order valence-electron chi connectivity index (χ2n) is 6.78. The Morgan fingerprint density at radius 1 is 1.27 bits per heavy atom. The highest BCUT2D eigenvalue weighted by atomic mass is 16.2. The maximum atomic E-state index is 12.6. The van der Waals surface area contributed by atoms with E-state index in [2.05, 4.69) is 10.6 Å². The minimum atomic E-state index is -0.642. The predicted molar refractivity (Wildman–Crippen MR) is 96.7 cm³/mol. The van der Waals surface area contributed by atoms with Crippen molar-refractivity contribution in [2.24, 2.45) is 0 Å². The van der Waals surface area contributed by atoms with Crippen molar-refractivity contribution < 1.29 is 14.4 Å². The average Bonchev–Trinajstić information content (AvgIpc) is 2.87. The minimum absolute atomic E-state index is 0.163. The average molecular weight is 352 g/mol. The Labute approximate surface area is 150 Å². The summed E-state index contributed by atoms with van der Waals surface area (Å²) in [5.74, 6) is -0.694. The van der Waals surface area contributed by atoms with Crippen LogP contribution in [0.5, 0.6) is 0 Å². The fourth-order valence-corrected chi connectivity index (χ4v) is 3.66. The first kappa shape index (κ1) is 16.5. The molecule has 0 bridgehead atoms. The van der Waals surface area contributed by atoms with Crippen LogP contribution in [0.1, 0.15) is 31.0 Å². The van der Waals surface area contributed by atoms with Gasteiger partial charge >= 0.3 is 6.03 Å². The number of fused-ring (bicyclic) bond motifs is 2. The van der Waals surface area contributed by atoms with Gasteiger partial charge in [-0.1, -0.05) is 18.2 Å². The zero-order valence-corrected chi connectivity index (χ0v) is 14.5. The van der Waals surface area contributed by atoms with E-state index in [4.69, 9.17) is 4.98 Å². The summed E-state index contributed by atoms with van der Waals surface area (Å²) in [4.78, 5) is 42.0. The van der Waals surface area contributed by atoms with Crippen LogP contribution in [0.4, 0.5) is 10.5 Å². The monoisotopic (exact) mass is 352 g/mol. The van der Waals surface area contributed by atoms with Crippen LogP contribution in [0.25, 0.3) is 10.9 Å². The van der Waals surface area contributed by atoms with E-state index < -0.39 is 12.1 Å². The predicted octanol–water partition coefficient (Wildman–Crippen LogP) is 1.99. The molecule has 1 atom stereocenters. The Hall–Kier alpha value is -2.96. The molecule has 0 spiro atoms. The smallest absolute Gasteiger partial charge is 0.324 e. The Kier molecular flexibility index (Phi) is 4.06. The molecule has 0 radical (unpaired) electrons. The van der Waals surface area contributed by atoms with Crippen LogP contribution in [0.3, 0.4) is 0 Å². The Morgan fingerprint density at radius 3 is 2.81 bits per heavy atom. The van der Waals surface area contributed by atoms with Crippen LogP contribution in [0.15, 0.2) is 24.3 Å². The Bertz CT molecular complexity index is 924. The van der Waals surface area contributed by atoms with Crippen LogP contribution >= 0.6 is 0 Å². The van der Waals surface area contributed by atoms with Crippen LogP contribution in [-0.4, -0.2) is 40.3 Å². The number of urea groups is 1. The number of para-hydroxylation sites is 1.